The van der Waals surface area contributed by atoms with Crippen LogP contribution in [0.4, 0.5) is 0 Å². The fraction of sp³-hybridized carbons (Fsp3) is 0.556. The second kappa shape index (κ2) is 3.44. The summed E-state index contributed by atoms with van der Waals surface area (Å²) in [7, 11) is -2.93. The summed E-state index contributed by atoms with van der Waals surface area (Å²) < 4.78 is 27.4. The van der Waals surface area contributed by atoms with E-state index in [1.54, 1.807) is 0 Å². The molecule has 5 nitrogen and oxygen atoms in total. The van der Waals surface area contributed by atoms with Gasteiger partial charge in [0.05, 0.1) is 11.5 Å². The van der Waals surface area contributed by atoms with Gasteiger partial charge in [-0.3, -0.25) is 4.79 Å². The molecule has 0 radical (unpaired) electrons. The predicted molar refractivity (Wildman–Crippen MR) is 52.5 cm³/mol. The third-order valence-corrected chi connectivity index (χ3v) is 4.29. The van der Waals surface area contributed by atoms with Gasteiger partial charge in [-0.15, -0.1) is 0 Å². The molecule has 1 atom stereocenters. The summed E-state index contributed by atoms with van der Waals surface area (Å²) in [5.41, 5.74) is 0.259. The minimum Gasteiger partial charge on any atom is -0.360 e. The van der Waals surface area contributed by atoms with Crippen molar-refractivity contribution in [2.24, 2.45) is 0 Å². The number of hydrogen-bond acceptors (Lipinski definition) is 5. The Morgan fingerprint density at radius 3 is 2.80 bits per heavy atom. The molecule has 0 aromatic carbocycles. The van der Waals surface area contributed by atoms with Crippen LogP contribution in [0.2, 0.25) is 0 Å². The summed E-state index contributed by atoms with van der Waals surface area (Å²) in [6.07, 6.45) is 0.550. The van der Waals surface area contributed by atoms with Crippen molar-refractivity contribution >= 4 is 15.6 Å². The van der Waals surface area contributed by atoms with E-state index >= 15 is 0 Å². The zero-order valence-corrected chi connectivity index (χ0v) is 9.08. The molecule has 1 aliphatic heterocycles. The molecule has 1 unspecified atom stereocenters. The lowest BCUT2D eigenvalue weighted by Crippen LogP contribution is -2.03. The Kier molecular flexibility index (Phi) is 2.38. The predicted octanol–water partition coefficient (Wildman–Crippen LogP) is 0.779. The van der Waals surface area contributed by atoms with Crippen LogP contribution in [0, 0.1) is 0 Å². The smallest absolute Gasteiger partial charge is 0.181 e. The average molecular weight is 229 g/mol. The number of carbonyl (C=O) groups is 1. The Labute approximate surface area is 87.4 Å². The van der Waals surface area contributed by atoms with Gasteiger partial charge in [-0.1, -0.05) is 5.16 Å². The van der Waals surface area contributed by atoms with Gasteiger partial charge in [0.25, 0.3) is 0 Å². The number of sulfone groups is 1. The van der Waals surface area contributed by atoms with Gasteiger partial charge in [0.2, 0.25) is 0 Å². The van der Waals surface area contributed by atoms with E-state index in [4.69, 9.17) is 4.52 Å². The Morgan fingerprint density at radius 2 is 2.33 bits per heavy atom. The molecule has 2 heterocycles. The molecule has 0 bridgehead atoms. The van der Waals surface area contributed by atoms with E-state index < -0.39 is 9.84 Å². The molecular weight excluding hydrogens is 218 g/mol. The van der Waals surface area contributed by atoms with Crippen molar-refractivity contribution in [3.8, 4) is 0 Å². The van der Waals surface area contributed by atoms with Crippen LogP contribution < -0.4 is 0 Å². The van der Waals surface area contributed by atoms with Crippen LogP contribution in [0.1, 0.15) is 35.5 Å². The first-order chi connectivity index (χ1) is 6.98. The number of hydrogen-bond donors (Lipinski definition) is 0. The molecule has 2 rings (SSSR count). The van der Waals surface area contributed by atoms with E-state index in [9.17, 15) is 13.2 Å². The van der Waals surface area contributed by atoms with E-state index in [1.165, 1.54) is 13.0 Å². The zero-order valence-electron chi connectivity index (χ0n) is 8.26. The van der Waals surface area contributed by atoms with E-state index in [-0.39, 0.29) is 28.9 Å². The van der Waals surface area contributed by atoms with Crippen molar-refractivity contribution in [3.05, 3.63) is 17.5 Å². The Hall–Kier alpha value is -1.17. The van der Waals surface area contributed by atoms with Crippen molar-refractivity contribution in [1.82, 2.24) is 5.16 Å². The summed E-state index contributed by atoms with van der Waals surface area (Å²) in [4.78, 5) is 11.0. The van der Waals surface area contributed by atoms with Crippen molar-refractivity contribution in [3.63, 3.8) is 0 Å². The topological polar surface area (TPSA) is 77.2 Å². The van der Waals surface area contributed by atoms with Crippen LogP contribution in [0.3, 0.4) is 0 Å². The van der Waals surface area contributed by atoms with Gasteiger partial charge in [-0.2, -0.15) is 0 Å². The van der Waals surface area contributed by atoms with E-state index in [0.717, 1.165) is 0 Å². The van der Waals surface area contributed by atoms with Gasteiger partial charge >= 0.3 is 0 Å². The summed E-state index contributed by atoms with van der Waals surface area (Å²) in [5, 5.41) is 3.59. The molecule has 1 aromatic heterocycles. The van der Waals surface area contributed by atoms with E-state index in [0.29, 0.717) is 12.2 Å². The highest BCUT2D eigenvalue weighted by Gasteiger charge is 2.31. The first-order valence-corrected chi connectivity index (χ1v) is 6.48. The minimum atomic E-state index is -2.93. The van der Waals surface area contributed by atoms with Crippen LogP contribution in [0.25, 0.3) is 0 Å². The molecule has 15 heavy (non-hydrogen) atoms. The normalized spacial score (nSPS) is 24.2. The second-order valence-corrected chi connectivity index (χ2v) is 6.00. The largest absolute Gasteiger partial charge is 0.360 e. The molecule has 0 amide bonds. The number of nitrogens with zero attached hydrogens (tertiary/aromatic N) is 1. The fourth-order valence-corrected chi connectivity index (χ4v) is 3.42. The lowest BCUT2D eigenvalue weighted by molar-refractivity contribution is 0.100. The average Bonchev–Trinajstić information content (AvgIpc) is 2.70. The van der Waals surface area contributed by atoms with Gasteiger partial charge < -0.3 is 4.52 Å². The fourth-order valence-electron chi connectivity index (χ4n) is 1.67. The molecule has 0 aliphatic carbocycles. The SMILES string of the molecule is CC(=O)c1cc(C2CCS(=O)(=O)C2)on1. The van der Waals surface area contributed by atoms with Gasteiger partial charge in [0.1, 0.15) is 11.5 Å². The van der Waals surface area contributed by atoms with Crippen LogP contribution in [0.5, 0.6) is 0 Å². The Balaban J connectivity index is 2.21. The lowest BCUT2D eigenvalue weighted by atomic mass is 10.1. The molecule has 1 fully saturated rings. The molecule has 0 N–H and O–H groups in total. The van der Waals surface area contributed by atoms with Gasteiger partial charge in [-0.05, 0) is 6.42 Å². The number of rotatable bonds is 2. The number of carbonyl (C=O) groups excluding carboxylic acids is 1. The first kappa shape index (κ1) is 10.4. The highest BCUT2D eigenvalue weighted by Crippen LogP contribution is 2.29. The Morgan fingerprint density at radius 1 is 1.60 bits per heavy atom. The maximum Gasteiger partial charge on any atom is 0.181 e. The standard InChI is InChI=1S/C9H11NO4S/c1-6(11)8-4-9(14-10-8)7-2-3-15(12,13)5-7/h4,7H,2-3,5H2,1H3. The third-order valence-electron chi connectivity index (χ3n) is 2.52. The van der Waals surface area contributed by atoms with Crippen LogP contribution >= 0.6 is 0 Å². The maximum absolute atomic E-state index is 11.2. The van der Waals surface area contributed by atoms with Gasteiger partial charge in [0.15, 0.2) is 15.6 Å². The number of ketones is 1. The quantitative estimate of drug-likeness (QED) is 0.700. The van der Waals surface area contributed by atoms with Gasteiger partial charge in [-0.25, -0.2) is 8.42 Å². The van der Waals surface area contributed by atoms with E-state index in [1.807, 2.05) is 0 Å². The van der Waals surface area contributed by atoms with Crippen LogP contribution in [0.15, 0.2) is 10.6 Å². The zero-order chi connectivity index (χ0) is 11.1. The second-order valence-electron chi connectivity index (χ2n) is 3.77. The van der Waals surface area contributed by atoms with Crippen molar-refractivity contribution in [1.29, 1.82) is 0 Å². The van der Waals surface area contributed by atoms with Crippen LogP contribution in [-0.2, 0) is 9.84 Å². The van der Waals surface area contributed by atoms with Crippen molar-refractivity contribution in [2.75, 3.05) is 11.5 Å². The molecular formula is C9H11NO4S. The third kappa shape index (κ3) is 2.09. The molecule has 1 aromatic rings. The van der Waals surface area contributed by atoms with E-state index in [2.05, 4.69) is 5.16 Å². The summed E-state index contributed by atoms with van der Waals surface area (Å²) in [5.74, 6) is 0.468. The Bertz CT molecular complexity index is 488. The highest BCUT2D eigenvalue weighted by molar-refractivity contribution is 7.91. The first-order valence-electron chi connectivity index (χ1n) is 4.66. The maximum atomic E-state index is 11.2. The van der Waals surface area contributed by atoms with Crippen molar-refractivity contribution in [2.45, 2.75) is 19.3 Å². The molecule has 0 saturated carbocycles. The van der Waals surface area contributed by atoms with Gasteiger partial charge in [0, 0.05) is 18.9 Å². The summed E-state index contributed by atoms with van der Waals surface area (Å²) >= 11 is 0. The molecule has 1 aliphatic rings. The molecule has 1 saturated heterocycles. The molecule has 6 heteroatoms. The van der Waals surface area contributed by atoms with Crippen LogP contribution in [-0.4, -0.2) is 30.9 Å². The summed E-state index contributed by atoms with van der Waals surface area (Å²) in [6.45, 7) is 1.40. The highest BCUT2D eigenvalue weighted by atomic mass is 32.2. The lowest BCUT2D eigenvalue weighted by Gasteiger charge is -1.99. The number of aromatic nitrogens is 1. The number of Topliss-reactive ketones (excluding diaryl/α,β-unsaturated/α-hetero) is 1. The molecule has 0 spiro atoms. The summed E-state index contributed by atoms with van der Waals surface area (Å²) in [6, 6.07) is 1.54. The minimum absolute atomic E-state index is 0.0968. The monoisotopic (exact) mass is 229 g/mol. The van der Waals surface area contributed by atoms with Crippen molar-refractivity contribution < 1.29 is 17.7 Å². The molecule has 82 valence electrons.